The molecule has 0 saturated carbocycles. The highest BCUT2D eigenvalue weighted by molar-refractivity contribution is 6.32. The lowest BCUT2D eigenvalue weighted by molar-refractivity contribution is 0.239. The van der Waals surface area contributed by atoms with Gasteiger partial charge in [0.15, 0.2) is 0 Å². The highest BCUT2D eigenvalue weighted by atomic mass is 35.5. The maximum absolute atomic E-state index is 9.33. The molecule has 1 N–H and O–H groups in total. The average Bonchev–Trinajstić information content (AvgIpc) is 2.18. The van der Waals surface area contributed by atoms with Gasteiger partial charge in [-0.3, -0.25) is 0 Å². The molecule has 3 heteroatoms. The van der Waals surface area contributed by atoms with Crippen molar-refractivity contribution >= 4 is 11.6 Å². The second-order valence-corrected chi connectivity index (χ2v) is 5.90. The maximum atomic E-state index is 9.33. The second-order valence-electron chi connectivity index (χ2n) is 5.52. The fraction of sp³-hybridized carbons (Fsp3) is 0.571. The molecule has 0 aliphatic carbocycles. The van der Waals surface area contributed by atoms with E-state index in [1.165, 1.54) is 0 Å². The van der Waals surface area contributed by atoms with E-state index in [1.54, 1.807) is 0 Å². The molecule has 0 spiro atoms. The summed E-state index contributed by atoms with van der Waals surface area (Å²) in [7, 11) is 0. The molecular formula is C14H21ClO2. The Kier molecular flexibility index (Phi) is 4.45. The van der Waals surface area contributed by atoms with Crippen LogP contribution in [0.4, 0.5) is 0 Å². The Morgan fingerprint density at radius 2 is 1.88 bits per heavy atom. The zero-order chi connectivity index (χ0) is 13.2. The largest absolute Gasteiger partial charge is 0.489 e. The van der Waals surface area contributed by atoms with Crippen LogP contribution in [-0.4, -0.2) is 11.2 Å². The molecule has 0 atom stereocenters. The van der Waals surface area contributed by atoms with Gasteiger partial charge in [-0.05, 0) is 30.9 Å². The molecule has 0 radical (unpaired) electrons. The minimum absolute atomic E-state index is 0.00357. The molecule has 0 aliphatic rings. The Morgan fingerprint density at radius 1 is 1.29 bits per heavy atom. The maximum Gasteiger partial charge on any atom is 0.138 e. The fourth-order valence-electron chi connectivity index (χ4n) is 1.54. The summed E-state index contributed by atoms with van der Waals surface area (Å²) in [6, 6.07) is 3.90. The molecule has 1 aromatic carbocycles. The van der Waals surface area contributed by atoms with Gasteiger partial charge in [-0.25, -0.2) is 0 Å². The molecule has 0 aromatic heterocycles. The third-order valence-corrected chi connectivity index (χ3v) is 2.94. The molecule has 0 bridgehead atoms. The van der Waals surface area contributed by atoms with Crippen LogP contribution in [0, 0.1) is 0 Å². The standard InChI is InChI=1S/C14H21ClO2/c1-9(2)17-12-7-11(14(3,4)5)6-10(8-16)13(12)15/h6-7,9,16H,8H2,1-5H3. The Balaban J connectivity index is 3.28. The van der Waals surface area contributed by atoms with Gasteiger partial charge in [0, 0.05) is 5.56 Å². The van der Waals surface area contributed by atoms with Crippen LogP contribution in [-0.2, 0) is 12.0 Å². The lowest BCUT2D eigenvalue weighted by atomic mass is 9.86. The van der Waals surface area contributed by atoms with Crippen molar-refractivity contribution in [3.63, 3.8) is 0 Å². The van der Waals surface area contributed by atoms with Crippen LogP contribution in [0.15, 0.2) is 12.1 Å². The molecular weight excluding hydrogens is 236 g/mol. The third kappa shape index (κ3) is 3.62. The number of aliphatic hydroxyl groups excluding tert-OH is 1. The van der Waals surface area contributed by atoms with Crippen molar-refractivity contribution in [3.05, 3.63) is 28.3 Å². The van der Waals surface area contributed by atoms with Gasteiger partial charge in [-0.2, -0.15) is 0 Å². The molecule has 1 aromatic rings. The number of aliphatic hydroxyl groups is 1. The average molecular weight is 257 g/mol. The Morgan fingerprint density at radius 3 is 2.29 bits per heavy atom. The van der Waals surface area contributed by atoms with Crippen molar-refractivity contribution in [2.45, 2.75) is 52.7 Å². The topological polar surface area (TPSA) is 29.5 Å². The normalized spacial score (nSPS) is 12.0. The van der Waals surface area contributed by atoms with E-state index in [0.717, 1.165) is 11.1 Å². The smallest absolute Gasteiger partial charge is 0.138 e. The van der Waals surface area contributed by atoms with Crippen molar-refractivity contribution in [2.75, 3.05) is 0 Å². The van der Waals surface area contributed by atoms with Gasteiger partial charge < -0.3 is 9.84 Å². The van der Waals surface area contributed by atoms with Crippen LogP contribution in [0.25, 0.3) is 0 Å². The molecule has 2 nitrogen and oxygen atoms in total. The summed E-state index contributed by atoms with van der Waals surface area (Å²) in [6.07, 6.45) is 0.0641. The summed E-state index contributed by atoms with van der Waals surface area (Å²) in [4.78, 5) is 0. The summed E-state index contributed by atoms with van der Waals surface area (Å²) in [5, 5.41) is 9.84. The summed E-state index contributed by atoms with van der Waals surface area (Å²) in [5.74, 6) is 0.651. The van der Waals surface area contributed by atoms with Crippen molar-refractivity contribution in [2.24, 2.45) is 0 Å². The molecule has 0 unspecified atom stereocenters. The molecule has 17 heavy (non-hydrogen) atoms. The van der Waals surface area contributed by atoms with Crippen LogP contribution in [0.2, 0.25) is 5.02 Å². The number of rotatable bonds is 3. The Labute approximate surface area is 109 Å². The number of benzene rings is 1. The van der Waals surface area contributed by atoms with Crippen LogP contribution < -0.4 is 4.74 Å². The van der Waals surface area contributed by atoms with E-state index < -0.39 is 0 Å². The number of hydrogen-bond donors (Lipinski definition) is 1. The van der Waals surface area contributed by atoms with E-state index in [9.17, 15) is 5.11 Å². The van der Waals surface area contributed by atoms with Crippen LogP contribution in [0.3, 0.4) is 0 Å². The number of hydrogen-bond acceptors (Lipinski definition) is 2. The lowest BCUT2D eigenvalue weighted by Gasteiger charge is -2.23. The summed E-state index contributed by atoms with van der Waals surface area (Å²) < 4.78 is 5.68. The zero-order valence-electron chi connectivity index (χ0n) is 11.2. The number of halogens is 1. The van der Waals surface area contributed by atoms with Crippen molar-refractivity contribution < 1.29 is 9.84 Å². The molecule has 0 amide bonds. The van der Waals surface area contributed by atoms with E-state index in [1.807, 2.05) is 26.0 Å². The number of ether oxygens (including phenoxy) is 1. The highest BCUT2D eigenvalue weighted by Gasteiger charge is 2.19. The Hall–Kier alpha value is -0.730. The molecule has 1 rings (SSSR count). The minimum atomic E-state index is -0.0722. The predicted octanol–water partition coefficient (Wildman–Crippen LogP) is 3.92. The van der Waals surface area contributed by atoms with Crippen molar-refractivity contribution in [3.8, 4) is 5.75 Å². The van der Waals surface area contributed by atoms with E-state index in [-0.39, 0.29) is 18.1 Å². The van der Waals surface area contributed by atoms with Crippen molar-refractivity contribution in [1.82, 2.24) is 0 Å². The first kappa shape index (κ1) is 14.3. The van der Waals surface area contributed by atoms with Crippen molar-refractivity contribution in [1.29, 1.82) is 0 Å². The van der Waals surface area contributed by atoms with Crippen LogP contribution in [0.1, 0.15) is 45.7 Å². The SMILES string of the molecule is CC(C)Oc1cc(C(C)(C)C)cc(CO)c1Cl. The second kappa shape index (κ2) is 5.28. The zero-order valence-corrected chi connectivity index (χ0v) is 11.9. The Bertz CT molecular complexity index is 392. The first-order valence-electron chi connectivity index (χ1n) is 5.86. The summed E-state index contributed by atoms with van der Waals surface area (Å²) >= 11 is 6.19. The molecule has 0 aliphatic heterocycles. The summed E-state index contributed by atoms with van der Waals surface area (Å²) in [5.41, 5.74) is 1.83. The minimum Gasteiger partial charge on any atom is -0.489 e. The van der Waals surface area contributed by atoms with Crippen LogP contribution in [0.5, 0.6) is 5.75 Å². The molecule has 96 valence electrons. The fourth-order valence-corrected chi connectivity index (χ4v) is 1.76. The van der Waals surface area contributed by atoms with E-state index in [4.69, 9.17) is 16.3 Å². The van der Waals surface area contributed by atoms with Crippen LogP contribution >= 0.6 is 11.6 Å². The third-order valence-electron chi connectivity index (χ3n) is 2.51. The van der Waals surface area contributed by atoms with Gasteiger partial charge in [0.2, 0.25) is 0 Å². The quantitative estimate of drug-likeness (QED) is 0.888. The molecule has 0 fully saturated rings. The van der Waals surface area contributed by atoms with E-state index in [0.29, 0.717) is 10.8 Å². The van der Waals surface area contributed by atoms with Gasteiger partial charge in [0.25, 0.3) is 0 Å². The predicted molar refractivity (Wildman–Crippen MR) is 71.8 cm³/mol. The monoisotopic (exact) mass is 256 g/mol. The van der Waals surface area contributed by atoms with E-state index >= 15 is 0 Å². The first-order valence-corrected chi connectivity index (χ1v) is 6.24. The van der Waals surface area contributed by atoms with Gasteiger partial charge in [0.05, 0.1) is 17.7 Å². The van der Waals surface area contributed by atoms with E-state index in [2.05, 4.69) is 20.8 Å². The molecule has 0 saturated heterocycles. The lowest BCUT2D eigenvalue weighted by Crippen LogP contribution is -2.14. The highest BCUT2D eigenvalue weighted by Crippen LogP contribution is 2.35. The summed E-state index contributed by atoms with van der Waals surface area (Å²) in [6.45, 7) is 10.2. The van der Waals surface area contributed by atoms with Gasteiger partial charge >= 0.3 is 0 Å². The van der Waals surface area contributed by atoms with Gasteiger partial charge in [0.1, 0.15) is 5.75 Å². The molecule has 0 heterocycles. The first-order chi connectivity index (χ1) is 7.75. The van der Waals surface area contributed by atoms with Gasteiger partial charge in [-0.15, -0.1) is 0 Å². The van der Waals surface area contributed by atoms with Gasteiger partial charge in [-0.1, -0.05) is 38.4 Å².